The molecule has 3 heterocycles. The van der Waals surface area contributed by atoms with Gasteiger partial charge in [-0.3, -0.25) is 14.3 Å². The number of nitrogens with zero attached hydrogens (tertiary/aromatic N) is 4. The number of amides is 1. The number of fused-ring (bicyclic) bond motifs is 3. The van der Waals surface area contributed by atoms with Crippen molar-refractivity contribution in [2.24, 2.45) is 0 Å². The molecule has 0 aliphatic carbocycles. The van der Waals surface area contributed by atoms with Gasteiger partial charge in [-0.2, -0.15) is 13.2 Å². The molecular weight excluding hydrogens is 503 g/mol. The smallest absolute Gasteiger partial charge is 0.396 e. The predicted octanol–water partition coefficient (Wildman–Crippen LogP) is 4.50. The first-order valence-corrected chi connectivity index (χ1v) is 11.6. The Morgan fingerprint density at radius 1 is 1.21 bits per heavy atom. The molecule has 0 fully saturated rings. The van der Waals surface area contributed by atoms with Crippen LogP contribution in [-0.2, 0) is 11.0 Å². The highest BCUT2D eigenvalue weighted by Crippen LogP contribution is 2.40. The Morgan fingerprint density at radius 3 is 2.61 bits per heavy atom. The van der Waals surface area contributed by atoms with Crippen LogP contribution in [0.15, 0.2) is 51.9 Å². The lowest BCUT2D eigenvalue weighted by Crippen LogP contribution is -2.27. The number of aromatic amines is 1. The van der Waals surface area contributed by atoms with Crippen LogP contribution in [0.5, 0.6) is 0 Å². The van der Waals surface area contributed by atoms with Crippen LogP contribution < -0.4 is 10.6 Å². The maximum absolute atomic E-state index is 13.9. The molecule has 1 amide bonds. The Labute approximate surface area is 213 Å². The number of nitrogens with one attached hydrogen (secondary N) is 1. The Bertz CT molecular complexity index is 1750. The van der Waals surface area contributed by atoms with Crippen LogP contribution in [0.2, 0.25) is 0 Å². The monoisotopic (exact) mass is 525 g/mol. The summed E-state index contributed by atoms with van der Waals surface area (Å²) in [5.74, 6) is 0.0960. The van der Waals surface area contributed by atoms with E-state index >= 15 is 0 Å². The van der Waals surface area contributed by atoms with E-state index in [2.05, 4.69) is 15.1 Å². The molecule has 0 unspecified atom stereocenters. The fraction of sp³-hybridized carbons (Fsp3) is 0.231. The summed E-state index contributed by atoms with van der Waals surface area (Å²) in [7, 11) is 1.53. The van der Waals surface area contributed by atoms with E-state index in [1.807, 2.05) is 0 Å². The second kappa shape index (κ2) is 9.14. The van der Waals surface area contributed by atoms with Crippen molar-refractivity contribution in [1.82, 2.24) is 19.7 Å². The van der Waals surface area contributed by atoms with Crippen molar-refractivity contribution in [3.05, 3.63) is 70.1 Å². The molecule has 0 radical (unpaired) electrons. The summed E-state index contributed by atoms with van der Waals surface area (Å²) in [4.78, 5) is 34.2. The van der Waals surface area contributed by atoms with E-state index in [0.717, 1.165) is 10.6 Å². The van der Waals surface area contributed by atoms with Gasteiger partial charge in [0.25, 0.3) is 0 Å². The number of hydrogen-bond acceptors (Lipinski definition) is 6. The van der Waals surface area contributed by atoms with Gasteiger partial charge in [0.05, 0.1) is 58.4 Å². The zero-order chi connectivity index (χ0) is 27.4. The summed E-state index contributed by atoms with van der Waals surface area (Å²) >= 11 is 0. The number of H-pyrrole nitrogens is 1. The number of hydrogen-bond donors (Lipinski definition) is 2. The van der Waals surface area contributed by atoms with Gasteiger partial charge in [0, 0.05) is 23.6 Å². The molecule has 0 saturated carbocycles. The molecule has 196 valence electrons. The molecule has 0 atom stereocenters. The van der Waals surface area contributed by atoms with Crippen LogP contribution in [-0.4, -0.2) is 44.4 Å². The maximum atomic E-state index is 13.9. The van der Waals surface area contributed by atoms with Gasteiger partial charge in [-0.05, 0) is 38.1 Å². The van der Waals surface area contributed by atoms with E-state index in [9.17, 15) is 27.9 Å². The number of imidazole rings is 1. The lowest BCUT2D eigenvalue weighted by atomic mass is 9.98. The fourth-order valence-electron chi connectivity index (χ4n) is 4.70. The normalized spacial score (nSPS) is 12.0. The molecule has 0 bridgehead atoms. The molecule has 9 nitrogen and oxygen atoms in total. The summed E-state index contributed by atoms with van der Waals surface area (Å²) < 4.78 is 48.0. The molecule has 38 heavy (non-hydrogen) atoms. The van der Waals surface area contributed by atoms with E-state index in [0.29, 0.717) is 39.2 Å². The number of aromatic nitrogens is 4. The van der Waals surface area contributed by atoms with Gasteiger partial charge in [0.2, 0.25) is 5.91 Å². The molecule has 3 aromatic heterocycles. The number of alkyl halides is 3. The number of aliphatic hydroxyl groups excluding tert-OH is 1. The standard InChI is InChI=1S/C26H22F3N5O4/c1-13-23(14(2)38-32-13)16-10-18-15(11-21(16)33(3)22(36)8-9-35)24-19(12-30-18)31-25(37)34(24)20-7-5-4-6-17(20)26(27,28)29/h4-7,10-12,35H,8-9H2,1-3H3,(H,31,37). The van der Waals surface area contributed by atoms with Crippen LogP contribution in [0.3, 0.4) is 0 Å². The number of anilines is 1. The molecule has 0 saturated heterocycles. The number of aliphatic hydroxyl groups is 1. The number of aryl methyl sites for hydroxylation is 2. The lowest BCUT2D eigenvalue weighted by Gasteiger charge is -2.22. The fourth-order valence-corrected chi connectivity index (χ4v) is 4.70. The van der Waals surface area contributed by atoms with Crippen molar-refractivity contribution < 1.29 is 27.6 Å². The van der Waals surface area contributed by atoms with Crippen LogP contribution in [0, 0.1) is 13.8 Å². The van der Waals surface area contributed by atoms with Crippen LogP contribution in [0.25, 0.3) is 38.8 Å². The number of para-hydroxylation sites is 1. The molecule has 0 aliphatic heterocycles. The van der Waals surface area contributed by atoms with Crippen molar-refractivity contribution in [2.75, 3.05) is 18.6 Å². The van der Waals surface area contributed by atoms with E-state index < -0.39 is 23.3 Å². The van der Waals surface area contributed by atoms with Crippen LogP contribution in [0.4, 0.5) is 18.9 Å². The number of carbonyl (C=O) groups excluding carboxylic acids is 1. The van der Waals surface area contributed by atoms with Gasteiger partial charge in [-0.1, -0.05) is 17.3 Å². The first-order chi connectivity index (χ1) is 18.0. The highest BCUT2D eigenvalue weighted by atomic mass is 19.4. The summed E-state index contributed by atoms with van der Waals surface area (Å²) in [6, 6.07) is 8.08. The van der Waals surface area contributed by atoms with Crippen LogP contribution >= 0.6 is 0 Å². The molecule has 0 spiro atoms. The summed E-state index contributed by atoms with van der Waals surface area (Å²) in [6.07, 6.45) is -3.48. The maximum Gasteiger partial charge on any atom is 0.418 e. The zero-order valence-corrected chi connectivity index (χ0v) is 20.6. The molecule has 5 rings (SSSR count). The number of halogens is 3. The van der Waals surface area contributed by atoms with Gasteiger partial charge in [-0.25, -0.2) is 4.79 Å². The Morgan fingerprint density at radius 2 is 1.95 bits per heavy atom. The van der Waals surface area contributed by atoms with Crippen molar-refractivity contribution in [3.63, 3.8) is 0 Å². The average Bonchev–Trinajstić information content (AvgIpc) is 3.39. The Balaban J connectivity index is 1.89. The summed E-state index contributed by atoms with van der Waals surface area (Å²) in [6.45, 7) is 3.09. The third kappa shape index (κ3) is 4.02. The molecule has 12 heteroatoms. The van der Waals surface area contributed by atoms with Gasteiger partial charge in [-0.15, -0.1) is 0 Å². The number of benzene rings is 2. The topological polar surface area (TPSA) is 117 Å². The number of rotatable bonds is 5. The number of pyridine rings is 1. The Hall–Kier alpha value is -4.45. The summed E-state index contributed by atoms with van der Waals surface area (Å²) in [5.41, 5.74) is 0.792. The van der Waals surface area contributed by atoms with Crippen molar-refractivity contribution in [1.29, 1.82) is 0 Å². The minimum Gasteiger partial charge on any atom is -0.396 e. The molecule has 5 aromatic rings. The van der Waals surface area contributed by atoms with E-state index in [-0.39, 0.29) is 29.7 Å². The molecule has 2 aromatic carbocycles. The first kappa shape index (κ1) is 25.2. The third-order valence-corrected chi connectivity index (χ3v) is 6.44. The number of carbonyl (C=O) groups is 1. The minimum atomic E-state index is -4.71. The zero-order valence-electron chi connectivity index (χ0n) is 20.6. The molecular formula is C26H22F3N5O4. The summed E-state index contributed by atoms with van der Waals surface area (Å²) in [5, 5.41) is 13.7. The third-order valence-electron chi connectivity index (χ3n) is 6.44. The highest BCUT2D eigenvalue weighted by molar-refractivity contribution is 6.09. The minimum absolute atomic E-state index is 0.147. The SMILES string of the molecule is Cc1noc(C)c1-c1cc2ncc3[nH]c(=O)n(-c4ccccc4C(F)(F)F)c3c2cc1N(C)C(=O)CCO. The van der Waals surface area contributed by atoms with Gasteiger partial charge < -0.3 is 19.5 Å². The van der Waals surface area contributed by atoms with E-state index in [4.69, 9.17) is 4.52 Å². The largest absolute Gasteiger partial charge is 0.418 e. The molecule has 2 N–H and O–H groups in total. The second-order valence-electron chi connectivity index (χ2n) is 8.81. The highest BCUT2D eigenvalue weighted by Gasteiger charge is 2.34. The van der Waals surface area contributed by atoms with E-state index in [1.54, 1.807) is 26.0 Å². The lowest BCUT2D eigenvalue weighted by molar-refractivity contribution is -0.137. The predicted molar refractivity (Wildman–Crippen MR) is 134 cm³/mol. The van der Waals surface area contributed by atoms with Crippen LogP contribution in [0.1, 0.15) is 23.4 Å². The van der Waals surface area contributed by atoms with E-state index in [1.165, 1.54) is 36.3 Å². The second-order valence-corrected chi connectivity index (χ2v) is 8.81. The van der Waals surface area contributed by atoms with Gasteiger partial charge in [0.15, 0.2) is 0 Å². The quantitative estimate of drug-likeness (QED) is 0.349. The van der Waals surface area contributed by atoms with Crippen molar-refractivity contribution in [2.45, 2.75) is 26.4 Å². The first-order valence-electron chi connectivity index (χ1n) is 11.6. The van der Waals surface area contributed by atoms with Gasteiger partial charge >= 0.3 is 11.9 Å². The average molecular weight is 525 g/mol. The molecule has 0 aliphatic rings. The van der Waals surface area contributed by atoms with Gasteiger partial charge in [0.1, 0.15) is 5.76 Å². The van der Waals surface area contributed by atoms with Crippen molar-refractivity contribution in [3.8, 4) is 16.8 Å². The van der Waals surface area contributed by atoms with Crippen molar-refractivity contribution >= 4 is 33.5 Å². The Kier molecular flexibility index (Phi) is 6.06.